The molecule has 7 heteroatoms. The van der Waals surface area contributed by atoms with E-state index in [0.717, 1.165) is 18.4 Å². The lowest BCUT2D eigenvalue weighted by Crippen LogP contribution is -2.33. The molecule has 0 aromatic heterocycles. The van der Waals surface area contributed by atoms with E-state index in [-0.39, 0.29) is 23.6 Å². The molecular formula is C27H26FNO3S2. The maximum atomic E-state index is 13.9. The van der Waals surface area contributed by atoms with Crippen molar-refractivity contribution in [3.63, 3.8) is 0 Å². The molecule has 1 aliphatic rings. The van der Waals surface area contributed by atoms with E-state index in [1.54, 1.807) is 36.3 Å². The molecule has 0 radical (unpaired) electrons. The molecular weight excluding hydrogens is 469 g/mol. The normalized spacial score (nSPS) is 15.6. The summed E-state index contributed by atoms with van der Waals surface area (Å²) in [7, 11) is 1.56. The van der Waals surface area contributed by atoms with Crippen LogP contribution in [-0.4, -0.2) is 34.0 Å². The van der Waals surface area contributed by atoms with Gasteiger partial charge in [-0.15, -0.1) is 0 Å². The predicted octanol–water partition coefficient (Wildman–Crippen LogP) is 5.82. The number of thiocarbonyl (C=S) groups is 1. The first-order valence-electron chi connectivity index (χ1n) is 11.1. The van der Waals surface area contributed by atoms with E-state index in [4.69, 9.17) is 21.7 Å². The van der Waals surface area contributed by atoms with Crippen LogP contribution in [0, 0.1) is 5.82 Å². The van der Waals surface area contributed by atoms with Crippen molar-refractivity contribution in [3.05, 3.63) is 95.3 Å². The van der Waals surface area contributed by atoms with Crippen LogP contribution in [0.5, 0.6) is 11.5 Å². The summed E-state index contributed by atoms with van der Waals surface area (Å²) in [5.41, 5.74) is 2.69. The predicted molar refractivity (Wildman–Crippen MR) is 138 cm³/mol. The number of rotatable bonds is 10. The maximum absolute atomic E-state index is 13.9. The highest BCUT2D eigenvalue weighted by atomic mass is 32.2. The molecule has 3 aromatic rings. The van der Waals surface area contributed by atoms with Gasteiger partial charge in [0.05, 0.1) is 12.4 Å². The number of carbonyl (C=O) groups is 1. The smallest absolute Gasteiger partial charge is 0.241 e. The number of hydrogen-bond acceptors (Lipinski definition) is 5. The molecule has 34 heavy (non-hydrogen) atoms. The van der Waals surface area contributed by atoms with Crippen molar-refractivity contribution in [1.82, 2.24) is 4.90 Å². The second-order valence-corrected chi connectivity index (χ2v) is 9.86. The summed E-state index contributed by atoms with van der Waals surface area (Å²) in [6.07, 6.45) is 2.32. The van der Waals surface area contributed by atoms with E-state index >= 15 is 0 Å². The molecule has 1 heterocycles. The number of hydrogen-bond donors (Lipinski definition) is 0. The molecule has 0 bridgehead atoms. The Bertz CT molecular complexity index is 1160. The van der Waals surface area contributed by atoms with Crippen LogP contribution in [0.2, 0.25) is 0 Å². The van der Waals surface area contributed by atoms with Gasteiger partial charge in [-0.3, -0.25) is 9.69 Å². The Morgan fingerprint density at radius 2 is 1.76 bits per heavy atom. The Morgan fingerprint density at radius 1 is 1.00 bits per heavy atom. The van der Waals surface area contributed by atoms with E-state index < -0.39 is 0 Å². The molecule has 1 amide bonds. The topological polar surface area (TPSA) is 38.8 Å². The van der Waals surface area contributed by atoms with Crippen molar-refractivity contribution in [2.24, 2.45) is 0 Å². The molecule has 4 nitrogen and oxygen atoms in total. The second kappa shape index (κ2) is 11.5. The fourth-order valence-electron chi connectivity index (χ4n) is 3.86. The number of thioether (sulfide) groups is 1. The minimum absolute atomic E-state index is 0.0573. The van der Waals surface area contributed by atoms with Gasteiger partial charge in [0.2, 0.25) is 5.91 Å². The number of carbonyl (C=O) groups excluding carboxylic acids is 1. The van der Waals surface area contributed by atoms with Gasteiger partial charge < -0.3 is 9.47 Å². The van der Waals surface area contributed by atoms with Crippen LogP contribution in [0.15, 0.2) is 72.8 Å². The molecule has 4 rings (SSSR count). The van der Waals surface area contributed by atoms with Gasteiger partial charge in [0, 0.05) is 12.1 Å². The highest BCUT2D eigenvalue weighted by Crippen LogP contribution is 2.34. The van der Waals surface area contributed by atoms with Gasteiger partial charge in [-0.2, -0.15) is 0 Å². The summed E-state index contributed by atoms with van der Waals surface area (Å²) in [5.74, 6) is 0.825. The molecule has 0 saturated carbocycles. The fourth-order valence-corrected chi connectivity index (χ4v) is 5.44. The number of ether oxygens (including phenoxy) is 2. The summed E-state index contributed by atoms with van der Waals surface area (Å²) in [4.78, 5) is 14.7. The van der Waals surface area contributed by atoms with Gasteiger partial charge in [0.15, 0.2) is 11.5 Å². The van der Waals surface area contributed by atoms with E-state index in [1.807, 2.05) is 30.3 Å². The van der Waals surface area contributed by atoms with Crippen molar-refractivity contribution in [1.29, 1.82) is 0 Å². The zero-order valence-electron chi connectivity index (χ0n) is 18.9. The molecule has 1 atom stereocenters. The van der Waals surface area contributed by atoms with E-state index in [0.29, 0.717) is 34.3 Å². The van der Waals surface area contributed by atoms with E-state index in [9.17, 15) is 9.18 Å². The molecule has 176 valence electrons. The van der Waals surface area contributed by atoms with E-state index in [2.05, 4.69) is 12.1 Å². The van der Waals surface area contributed by atoms with Crippen LogP contribution in [0.25, 0.3) is 0 Å². The molecule has 1 aliphatic heterocycles. The summed E-state index contributed by atoms with van der Waals surface area (Å²) < 4.78 is 25.8. The second-order valence-electron chi connectivity index (χ2n) is 8.02. The van der Waals surface area contributed by atoms with Gasteiger partial charge in [-0.25, -0.2) is 4.39 Å². The average molecular weight is 496 g/mol. The molecule has 1 fully saturated rings. The number of methoxy groups -OCH3 is 1. The van der Waals surface area contributed by atoms with Crippen molar-refractivity contribution in [3.8, 4) is 11.5 Å². The lowest BCUT2D eigenvalue weighted by atomic mass is 10.1. The van der Waals surface area contributed by atoms with E-state index in [1.165, 1.54) is 23.4 Å². The average Bonchev–Trinajstić information content (AvgIpc) is 3.12. The lowest BCUT2D eigenvalue weighted by molar-refractivity contribution is -0.126. The van der Waals surface area contributed by atoms with Crippen molar-refractivity contribution in [2.75, 3.05) is 13.7 Å². The first kappa shape index (κ1) is 24.2. The fraction of sp³-hybridized carbons (Fsp3) is 0.259. The van der Waals surface area contributed by atoms with Crippen LogP contribution >= 0.6 is 24.0 Å². The Morgan fingerprint density at radius 3 is 2.53 bits per heavy atom. The molecule has 1 saturated heterocycles. The third-order valence-corrected chi connectivity index (χ3v) is 7.27. The Kier molecular flexibility index (Phi) is 8.19. The van der Waals surface area contributed by atoms with Crippen LogP contribution in [0.3, 0.4) is 0 Å². The highest BCUT2D eigenvalue weighted by molar-refractivity contribution is 8.24. The summed E-state index contributed by atoms with van der Waals surface area (Å²) in [6.45, 7) is 0.730. The van der Waals surface area contributed by atoms with Gasteiger partial charge in [-0.05, 0) is 48.6 Å². The van der Waals surface area contributed by atoms with Gasteiger partial charge in [0.25, 0.3) is 0 Å². The molecule has 0 unspecified atom stereocenters. The molecule has 0 N–H and O–H groups in total. The summed E-state index contributed by atoms with van der Waals surface area (Å²) in [5, 5.41) is -0.251. The van der Waals surface area contributed by atoms with Crippen molar-refractivity contribution < 1.29 is 18.7 Å². The van der Waals surface area contributed by atoms with Crippen LogP contribution in [0.1, 0.15) is 23.1 Å². The summed E-state index contributed by atoms with van der Waals surface area (Å²) in [6, 6.07) is 22.3. The minimum atomic E-state index is -0.306. The van der Waals surface area contributed by atoms with Gasteiger partial charge in [-0.1, -0.05) is 78.6 Å². The lowest BCUT2D eigenvalue weighted by Gasteiger charge is -2.16. The Hall–Kier alpha value is -2.90. The third kappa shape index (κ3) is 5.96. The highest BCUT2D eigenvalue weighted by Gasteiger charge is 2.36. The third-order valence-electron chi connectivity index (χ3n) is 5.69. The number of benzene rings is 3. The zero-order chi connectivity index (χ0) is 23.9. The number of nitrogens with zero attached hydrogens (tertiary/aromatic N) is 1. The van der Waals surface area contributed by atoms with Crippen LogP contribution in [-0.2, 0) is 24.2 Å². The van der Waals surface area contributed by atoms with Crippen LogP contribution < -0.4 is 9.47 Å². The standard InChI is InChI=1S/C27H26FNO3S2/c1-31-24-16-20(13-14-23(24)32-18-21-11-5-6-12-22(21)28)17-25-26(30)29(27(33)34-25)15-7-10-19-8-3-2-4-9-19/h2-6,8-9,11-14,16,25H,7,10,15,17-18H2,1H3/t25-/m1/s1. The monoisotopic (exact) mass is 495 g/mol. The van der Waals surface area contributed by atoms with Gasteiger partial charge >= 0.3 is 0 Å². The SMILES string of the molecule is COc1cc(C[C@H]2SC(=S)N(CCCc3ccccc3)C2=O)ccc1OCc1ccccc1F. The summed E-state index contributed by atoms with van der Waals surface area (Å²) >= 11 is 6.94. The minimum Gasteiger partial charge on any atom is -0.493 e. The zero-order valence-corrected chi connectivity index (χ0v) is 20.5. The number of aryl methyl sites for hydroxylation is 1. The number of amides is 1. The first-order valence-corrected chi connectivity index (χ1v) is 12.4. The Balaban J connectivity index is 1.35. The molecule has 0 spiro atoms. The largest absolute Gasteiger partial charge is 0.493 e. The maximum Gasteiger partial charge on any atom is 0.241 e. The molecule has 3 aromatic carbocycles. The Labute approximate surface area is 209 Å². The first-order chi connectivity index (χ1) is 16.5. The van der Waals surface area contributed by atoms with Crippen LogP contribution in [0.4, 0.5) is 4.39 Å². The quantitative estimate of drug-likeness (QED) is 0.332. The van der Waals surface area contributed by atoms with Crippen molar-refractivity contribution in [2.45, 2.75) is 31.1 Å². The number of halogens is 1. The van der Waals surface area contributed by atoms with Crippen molar-refractivity contribution >= 4 is 34.2 Å². The molecule has 0 aliphatic carbocycles. The van der Waals surface area contributed by atoms with Gasteiger partial charge in [0.1, 0.15) is 16.7 Å².